The first-order valence-corrected chi connectivity index (χ1v) is 39.7. The van der Waals surface area contributed by atoms with Crippen LogP contribution in [0.2, 0.25) is 0 Å². The van der Waals surface area contributed by atoms with Gasteiger partial charge in [0.1, 0.15) is 56.9 Å². The largest absolute Gasteiger partial charge is 0.490 e. The number of ether oxygens (including phenoxy) is 9. The van der Waals surface area contributed by atoms with E-state index in [4.69, 9.17) is 42.6 Å². The molecule has 0 aromatic heterocycles. The first-order valence-electron chi connectivity index (χ1n) is 39.7. The fourth-order valence-electron chi connectivity index (χ4n) is 34.3. The Labute approximate surface area is 627 Å². The third-order valence-corrected chi connectivity index (χ3v) is 34.9. The maximum atomic E-state index is 18.3. The molecule has 21 aromatic rings. The smallest absolute Gasteiger partial charge is 0.326 e. The van der Waals surface area contributed by atoms with E-state index in [0.29, 0.717) is 83.5 Å². The molecule has 3 saturated carbocycles. The number of hydrogen-bond donors (Lipinski definition) is 3. The van der Waals surface area contributed by atoms with Crippen molar-refractivity contribution in [1.29, 1.82) is 0 Å². The Morgan fingerprint density at radius 1 is 0.254 bits per heavy atom. The van der Waals surface area contributed by atoms with Crippen LogP contribution in [-0.4, -0.2) is 129 Å². The first-order chi connectivity index (χ1) is 55.7. The van der Waals surface area contributed by atoms with Gasteiger partial charge in [0.15, 0.2) is 16.2 Å². The van der Waals surface area contributed by atoms with Crippen LogP contribution in [-0.2, 0) is 104 Å². The van der Waals surface area contributed by atoms with Crippen molar-refractivity contribution in [1.82, 2.24) is 0 Å². The molecule has 27 bridgehead atoms. The second kappa shape index (κ2) is 13.8. The van der Waals surface area contributed by atoms with Crippen molar-refractivity contribution in [3.8, 4) is 50.6 Å². The number of benzene rings is 15. The predicted octanol–water partition coefficient (Wildman–Crippen LogP) is 13.0. The average Bonchev–Trinajstić information content (AvgIpc) is 1.33. The highest BCUT2D eigenvalue weighted by molar-refractivity contribution is 6.76. The van der Waals surface area contributed by atoms with Crippen molar-refractivity contribution in [3.63, 3.8) is 0 Å². The zero-order valence-electron chi connectivity index (χ0n) is 58.5. The topological polar surface area (TPSA) is 297 Å². The monoisotopic (exact) mass is 1490 g/mol. The van der Waals surface area contributed by atoms with Gasteiger partial charge in [0, 0.05) is 37.5 Å². The first kappa shape index (κ1) is 53.7. The molecule has 21 nitrogen and oxygen atoms in total. The number of aliphatic carboxylic acids is 3. The highest BCUT2D eigenvalue weighted by Gasteiger charge is 3.10. The molecule has 0 saturated heterocycles. The van der Waals surface area contributed by atoms with E-state index in [9.17, 15) is 29.7 Å². The zero-order chi connectivity index (χ0) is 73.7. The van der Waals surface area contributed by atoms with E-state index in [-0.39, 0.29) is 75.6 Å². The Bertz CT molecular complexity index is 8220. The fourth-order valence-corrected chi connectivity index (χ4v) is 34.3. The van der Waals surface area contributed by atoms with Crippen molar-refractivity contribution < 1.29 is 101 Å². The van der Waals surface area contributed by atoms with E-state index in [1.165, 1.54) is 0 Å². The summed E-state index contributed by atoms with van der Waals surface area (Å²) in [7, 11) is 0. The summed E-state index contributed by atoms with van der Waals surface area (Å²) < 4.78 is 62.0. The molecular formula is C93H36O21. The summed E-state index contributed by atoms with van der Waals surface area (Å²) in [6.07, 6.45) is -1.42. The highest BCUT2D eigenvalue weighted by Crippen LogP contribution is 3.07. The quantitative estimate of drug-likeness (QED) is 0.0282. The molecule has 0 radical (unpaired) electrons. The Morgan fingerprint density at radius 3 is 0.649 bits per heavy atom. The molecule has 6 spiro atoms. The van der Waals surface area contributed by atoms with E-state index < -0.39 is 142 Å². The van der Waals surface area contributed by atoms with Crippen molar-refractivity contribution in [2.75, 3.05) is 59.5 Å². The van der Waals surface area contributed by atoms with Crippen LogP contribution in [0.1, 0.15) is 105 Å². The third kappa shape index (κ3) is 3.45. The van der Waals surface area contributed by atoms with Crippen LogP contribution in [0.5, 0.6) is 17.2 Å². The van der Waals surface area contributed by atoms with Gasteiger partial charge in [0.25, 0.3) is 0 Å². The molecule has 0 amide bonds. The number of carboxylic acids is 3. The van der Waals surface area contributed by atoms with E-state index in [1.807, 2.05) is 0 Å². The lowest BCUT2D eigenvalue weighted by Gasteiger charge is -2.35. The summed E-state index contributed by atoms with van der Waals surface area (Å²) in [5, 5.41) is 67.2. The van der Waals surface area contributed by atoms with E-state index >= 15 is 28.8 Å². The molecule has 6 aliphatic heterocycles. The molecule has 21 heteroatoms. The van der Waals surface area contributed by atoms with Gasteiger partial charge < -0.3 is 58.0 Å². The Hall–Kier alpha value is -13.2. The van der Waals surface area contributed by atoms with Crippen LogP contribution in [0, 0.1) is 16.2 Å². The van der Waals surface area contributed by atoms with Gasteiger partial charge in [0.05, 0.1) is 52.3 Å². The van der Waals surface area contributed by atoms with Crippen LogP contribution < -0.4 is 14.2 Å². The van der Waals surface area contributed by atoms with Gasteiger partial charge in [-0.25, -0.2) is 0 Å². The van der Waals surface area contributed by atoms with Gasteiger partial charge in [-0.3, -0.25) is 43.2 Å². The minimum atomic E-state index is -2.46. The molecule has 21 aliphatic rings. The SMILES string of the molecule is O=C(O)CCCOC(=O)C12C(=O)OCCOc3cc4cc(c3)OCCOC(=O)C3(C(=O)OCCCC(=O)O)C56c7c8c9c%10c%11c7-c7c%12c%13c%14c%15c%16c%17c(c-%10c%10c%18c%19c%20c%21c%22c(c-8c5c5c8c%23c%24c(c7C%2336)c%13c3c%14c6c%16c7c(c%18%17)c%19c%13c%21c%14c(c5%22)c8c5c%24c3c3c6c7c%13c%14c53)C%203C(C(=O)OCCCC(=O)O)(C(=O)OCCO4)C9%103)C%151C%11%122. The fraction of sp³-hybridized carbons (Fsp3) is 0.258. The van der Waals surface area contributed by atoms with Gasteiger partial charge >= 0.3 is 53.7 Å². The van der Waals surface area contributed by atoms with E-state index in [0.717, 1.165) is 211 Å². The normalized spacial score (nSPS) is 29.7. The van der Waals surface area contributed by atoms with Gasteiger partial charge in [-0.1, -0.05) is 0 Å². The van der Waals surface area contributed by atoms with Gasteiger partial charge in [-0.2, -0.15) is 0 Å². The molecule has 3 N–H and O–H groups in total. The van der Waals surface area contributed by atoms with Gasteiger partial charge in [-0.15, -0.1) is 0 Å². The molecule has 9 atom stereocenters. The summed E-state index contributed by atoms with van der Waals surface area (Å²) in [6.45, 7) is -3.16. The Morgan fingerprint density at radius 2 is 0.430 bits per heavy atom. The zero-order valence-corrected chi connectivity index (χ0v) is 58.5. The molecular weight excluding hydrogens is 1450 g/mol. The second-order valence-electron chi connectivity index (χ2n) is 36.5. The van der Waals surface area contributed by atoms with E-state index in [1.54, 1.807) is 18.2 Å². The van der Waals surface area contributed by atoms with Crippen LogP contribution >= 0.6 is 0 Å². The molecule has 534 valence electrons. The standard InChI is InChI=1S/C93H36O21/c94-22(95)4-1-7-109-79(100)91-82(103)112-13-10-106-19-16-20-18-21(17-19)108-12-15-114-84(105)93(81(102)111-9-3-6-24(98)99)87-69-51-42-33-27-29-25-28-26-30(27)36-41-32(26)37-43-34(28)40-31(25)38-44(35(29)42)53(69)59-46(38)55-49(40)67-52(43)58-47(37)56-50(41)68-54-45(36)39(33)48-57(51)72(87)63-66-77-64-61(74(59)89(77,87)93)70(55)85(67,91)88(91)73(58)62-65(76(64)88)78(66)90(75(63)60(48)54)86(68,71(56)62)92(90,83(104)113-14-11-107-20)80(101)110-8-2-5-23(96)97/h16-18H,1-15H2,(H,94,95)(H,96,97)(H,98,99). The molecule has 21 aromatic carbocycles. The summed E-state index contributed by atoms with van der Waals surface area (Å²) in [4.78, 5) is 148. The van der Waals surface area contributed by atoms with Crippen molar-refractivity contribution in [3.05, 3.63) is 85.0 Å². The van der Waals surface area contributed by atoms with Gasteiger partial charge in [0.2, 0.25) is 0 Å². The maximum Gasteiger partial charge on any atom is 0.326 e. The molecule has 9 unspecified atom stereocenters. The summed E-state index contributed by atoms with van der Waals surface area (Å²) in [5.41, 5.74) is -6.53. The Balaban J connectivity index is 0.853. The lowest BCUT2D eigenvalue weighted by atomic mass is 9.65. The average molecular weight is 1490 g/mol. The molecule has 15 aliphatic carbocycles. The number of hydrogen-bond acceptors (Lipinski definition) is 18. The van der Waals surface area contributed by atoms with E-state index in [2.05, 4.69) is 0 Å². The van der Waals surface area contributed by atoms with Gasteiger partial charge in [-0.05, 0) is 313 Å². The number of carbonyl (C=O) groups is 9. The minimum absolute atomic E-state index is 0.108. The second-order valence-corrected chi connectivity index (χ2v) is 36.5. The summed E-state index contributed by atoms with van der Waals surface area (Å²) in [6, 6.07) is 4.78. The van der Waals surface area contributed by atoms with Crippen molar-refractivity contribution >= 4 is 248 Å². The number of carboxylic acid groups (broad SMARTS) is 3. The van der Waals surface area contributed by atoms with Crippen molar-refractivity contribution in [2.24, 2.45) is 16.2 Å². The number of esters is 6. The minimum Gasteiger partial charge on any atom is -0.490 e. The lowest BCUT2D eigenvalue weighted by molar-refractivity contribution is -0.168. The van der Waals surface area contributed by atoms with Crippen LogP contribution in [0.4, 0.5) is 0 Å². The van der Waals surface area contributed by atoms with Crippen molar-refractivity contribution in [2.45, 2.75) is 71.0 Å². The highest BCUT2D eigenvalue weighted by atomic mass is 16.6. The number of rotatable bonds is 15. The third-order valence-electron chi connectivity index (χ3n) is 34.9. The molecule has 6 heterocycles. The predicted molar refractivity (Wildman–Crippen MR) is 404 cm³/mol. The maximum absolute atomic E-state index is 18.3. The summed E-state index contributed by atoms with van der Waals surface area (Å²) in [5.74, 6) is -8.26. The van der Waals surface area contributed by atoms with Crippen LogP contribution in [0.15, 0.2) is 18.2 Å². The molecule has 114 heavy (non-hydrogen) atoms. The molecule has 42 rings (SSSR count). The molecule has 3 fully saturated rings. The van der Waals surface area contributed by atoms with Crippen LogP contribution in [0.3, 0.4) is 0 Å². The number of carbonyl (C=O) groups excluding carboxylic acids is 6. The summed E-state index contributed by atoms with van der Waals surface area (Å²) >= 11 is 0. The lowest BCUT2D eigenvalue weighted by Crippen LogP contribution is -2.40. The Kier molecular flexibility index (Phi) is 6.50. The van der Waals surface area contributed by atoms with Crippen LogP contribution in [0.25, 0.3) is 227 Å².